The van der Waals surface area contributed by atoms with E-state index in [1.165, 1.54) is 0 Å². The highest BCUT2D eigenvalue weighted by Gasteiger charge is 2.10. The van der Waals surface area contributed by atoms with Crippen LogP contribution in [0, 0.1) is 0 Å². The van der Waals surface area contributed by atoms with E-state index in [-0.39, 0.29) is 12.6 Å². The smallest absolute Gasteiger partial charge is 0.320 e. The number of likely N-dealkylation sites (N-methyl/N-ethyl adjacent to an activating group) is 1. The third-order valence-corrected chi connectivity index (χ3v) is 1.68. The van der Waals surface area contributed by atoms with Crippen molar-refractivity contribution in [2.45, 2.75) is 32.3 Å². The average Bonchev–Trinajstić information content (AvgIpc) is 2.20. The average molecular weight is 188 g/mol. The minimum atomic E-state index is -2.30. The molecule has 0 rings (SSSR count). The Balaban J connectivity index is 3.87. The van der Waals surface area contributed by atoms with E-state index in [4.69, 9.17) is 8.85 Å². The molecule has 0 spiro atoms. The molecule has 0 amide bonds. The van der Waals surface area contributed by atoms with Crippen molar-refractivity contribution in [3.63, 3.8) is 0 Å². The summed E-state index contributed by atoms with van der Waals surface area (Å²) in [6.45, 7) is 2.91. The van der Waals surface area contributed by atoms with E-state index < -0.39 is 12.9 Å². The molecule has 0 aromatic carbocycles. The zero-order valence-corrected chi connectivity index (χ0v) is 8.01. The second-order valence-electron chi connectivity index (χ2n) is 2.74. The van der Waals surface area contributed by atoms with Crippen molar-refractivity contribution >= 4 is 5.97 Å². The monoisotopic (exact) mass is 188 g/mol. The molecule has 0 aromatic heterocycles. The van der Waals surface area contributed by atoms with Crippen LogP contribution in [0.3, 0.4) is 0 Å². The molecular formula is C10H19NO2. The van der Waals surface area contributed by atoms with E-state index in [0.717, 1.165) is 12.8 Å². The highest BCUT2D eigenvalue weighted by atomic mass is 16.5. The quantitative estimate of drug-likeness (QED) is 0.486. The molecule has 0 aromatic rings. The summed E-state index contributed by atoms with van der Waals surface area (Å²) >= 11 is 0. The molecule has 1 N–H and O–H groups in total. The van der Waals surface area contributed by atoms with Crippen LogP contribution in [0.2, 0.25) is 0 Å². The lowest BCUT2D eigenvalue weighted by atomic mass is 10.1. The van der Waals surface area contributed by atoms with Crippen molar-refractivity contribution in [1.82, 2.24) is 5.32 Å². The first-order valence-corrected chi connectivity index (χ1v) is 4.44. The molecular weight excluding hydrogens is 166 g/mol. The summed E-state index contributed by atoms with van der Waals surface area (Å²) in [5.41, 5.74) is 0. The van der Waals surface area contributed by atoms with Crippen molar-refractivity contribution in [2.75, 3.05) is 13.5 Å². The molecule has 0 aliphatic carbocycles. The van der Waals surface area contributed by atoms with Crippen molar-refractivity contribution in [2.24, 2.45) is 0 Å². The third kappa shape index (κ3) is 6.34. The molecule has 0 saturated heterocycles. The van der Waals surface area contributed by atoms with Crippen LogP contribution in [0.15, 0.2) is 12.7 Å². The first-order valence-electron chi connectivity index (χ1n) is 5.94. The molecule has 0 heterocycles. The molecule has 3 nitrogen and oxygen atoms in total. The van der Waals surface area contributed by atoms with E-state index in [1.54, 1.807) is 6.08 Å². The van der Waals surface area contributed by atoms with Gasteiger partial charge in [0.1, 0.15) is 6.10 Å². The SMILES string of the molecule is [2H]C([2H])([2H])NCC(=O)OC(CC)CCC=C. The van der Waals surface area contributed by atoms with E-state index in [1.807, 2.05) is 6.92 Å². The lowest BCUT2D eigenvalue weighted by Crippen LogP contribution is -2.25. The van der Waals surface area contributed by atoms with Gasteiger partial charge in [-0.3, -0.25) is 4.79 Å². The number of nitrogens with one attached hydrogen (secondary N) is 1. The Kier molecular flexibility index (Phi) is 4.54. The van der Waals surface area contributed by atoms with E-state index >= 15 is 0 Å². The van der Waals surface area contributed by atoms with Crippen molar-refractivity contribution < 1.29 is 13.6 Å². The van der Waals surface area contributed by atoms with Gasteiger partial charge in [-0.1, -0.05) is 13.0 Å². The van der Waals surface area contributed by atoms with Gasteiger partial charge in [0, 0.05) is 4.11 Å². The van der Waals surface area contributed by atoms with Gasteiger partial charge in [0.05, 0.1) is 6.54 Å². The molecule has 0 aliphatic heterocycles. The third-order valence-electron chi connectivity index (χ3n) is 1.68. The number of hydrogen-bond donors (Lipinski definition) is 1. The molecule has 0 radical (unpaired) electrons. The van der Waals surface area contributed by atoms with E-state index in [0.29, 0.717) is 6.42 Å². The summed E-state index contributed by atoms with van der Waals surface area (Å²) in [6, 6.07) is 0. The maximum Gasteiger partial charge on any atom is 0.320 e. The van der Waals surface area contributed by atoms with E-state index in [2.05, 4.69) is 11.9 Å². The van der Waals surface area contributed by atoms with Gasteiger partial charge in [-0.25, -0.2) is 0 Å². The summed E-state index contributed by atoms with van der Waals surface area (Å²) in [5.74, 6) is -0.535. The maximum absolute atomic E-state index is 11.3. The zero-order chi connectivity index (χ0) is 12.6. The van der Waals surface area contributed by atoms with Gasteiger partial charge in [0.2, 0.25) is 0 Å². The minimum Gasteiger partial charge on any atom is -0.461 e. The summed E-state index contributed by atoms with van der Waals surface area (Å²) in [6.07, 6.45) is 3.81. The molecule has 0 bridgehead atoms. The van der Waals surface area contributed by atoms with Gasteiger partial charge < -0.3 is 10.1 Å². The number of carbonyl (C=O) groups excluding carboxylic acids is 1. The Morgan fingerprint density at radius 3 is 3.15 bits per heavy atom. The van der Waals surface area contributed by atoms with Crippen LogP contribution in [-0.2, 0) is 9.53 Å². The number of hydrogen-bond acceptors (Lipinski definition) is 3. The predicted octanol–water partition coefficient (Wildman–Crippen LogP) is 1.49. The Hall–Kier alpha value is -0.830. The number of esters is 1. The topological polar surface area (TPSA) is 38.3 Å². The number of allylic oxidation sites excluding steroid dienone is 1. The Morgan fingerprint density at radius 1 is 1.85 bits per heavy atom. The van der Waals surface area contributed by atoms with Crippen LogP contribution >= 0.6 is 0 Å². The summed E-state index contributed by atoms with van der Waals surface area (Å²) in [5, 5.41) is 2.11. The lowest BCUT2D eigenvalue weighted by molar-refractivity contribution is -0.148. The fraction of sp³-hybridized carbons (Fsp3) is 0.700. The molecule has 0 saturated carbocycles. The minimum absolute atomic E-state index is 0.163. The lowest BCUT2D eigenvalue weighted by Gasteiger charge is -2.14. The Bertz CT molecular complexity index is 229. The largest absolute Gasteiger partial charge is 0.461 e. The molecule has 1 unspecified atom stereocenters. The highest BCUT2D eigenvalue weighted by molar-refractivity contribution is 5.71. The summed E-state index contributed by atoms with van der Waals surface area (Å²) in [7, 11) is 0. The number of rotatable bonds is 7. The van der Waals surface area contributed by atoms with Crippen LogP contribution in [0.25, 0.3) is 0 Å². The van der Waals surface area contributed by atoms with Gasteiger partial charge in [-0.05, 0) is 26.2 Å². The van der Waals surface area contributed by atoms with Gasteiger partial charge in [0.15, 0.2) is 0 Å². The van der Waals surface area contributed by atoms with Crippen molar-refractivity contribution in [3.8, 4) is 0 Å². The van der Waals surface area contributed by atoms with E-state index in [9.17, 15) is 4.79 Å². The normalized spacial score (nSPS) is 16.5. The first-order chi connectivity index (χ1) is 7.39. The van der Waals surface area contributed by atoms with Crippen LogP contribution < -0.4 is 5.32 Å². The van der Waals surface area contributed by atoms with Crippen LogP contribution in [-0.4, -0.2) is 25.6 Å². The molecule has 0 aliphatic rings. The van der Waals surface area contributed by atoms with Crippen LogP contribution in [0.1, 0.15) is 30.3 Å². The van der Waals surface area contributed by atoms with Crippen molar-refractivity contribution in [1.29, 1.82) is 0 Å². The molecule has 0 fully saturated rings. The predicted molar refractivity (Wildman–Crippen MR) is 53.5 cm³/mol. The maximum atomic E-state index is 11.3. The number of carbonyl (C=O) groups is 1. The van der Waals surface area contributed by atoms with Gasteiger partial charge in [-0.2, -0.15) is 0 Å². The molecule has 1 atom stereocenters. The van der Waals surface area contributed by atoms with Crippen molar-refractivity contribution in [3.05, 3.63) is 12.7 Å². The fourth-order valence-corrected chi connectivity index (χ4v) is 0.950. The molecule has 76 valence electrons. The van der Waals surface area contributed by atoms with Crippen LogP contribution in [0.4, 0.5) is 0 Å². The van der Waals surface area contributed by atoms with Gasteiger partial charge >= 0.3 is 5.97 Å². The highest BCUT2D eigenvalue weighted by Crippen LogP contribution is 2.06. The fourth-order valence-electron chi connectivity index (χ4n) is 0.950. The second kappa shape index (κ2) is 7.80. The standard InChI is InChI=1S/C10H19NO2/c1-4-6-7-9(5-2)13-10(12)8-11-3/h4,9,11H,1,5-8H2,2-3H3/i3D3. The summed E-state index contributed by atoms with van der Waals surface area (Å²) in [4.78, 5) is 11.3. The molecule has 13 heavy (non-hydrogen) atoms. The zero-order valence-electron chi connectivity index (χ0n) is 11.0. The van der Waals surface area contributed by atoms with Crippen LogP contribution in [0.5, 0.6) is 0 Å². The Labute approximate surface area is 84.4 Å². The first kappa shape index (κ1) is 7.56. The van der Waals surface area contributed by atoms with Gasteiger partial charge in [-0.15, -0.1) is 6.58 Å². The molecule has 3 heteroatoms. The number of ether oxygens (including phenoxy) is 1. The Morgan fingerprint density at radius 2 is 2.62 bits per heavy atom. The second-order valence-corrected chi connectivity index (χ2v) is 2.74. The summed E-state index contributed by atoms with van der Waals surface area (Å²) < 4.78 is 25.7. The van der Waals surface area contributed by atoms with Gasteiger partial charge in [0.25, 0.3) is 0 Å².